The smallest absolute Gasteiger partial charge is 0.303 e. The number of esters is 1. The van der Waals surface area contributed by atoms with Crippen molar-refractivity contribution in [3.63, 3.8) is 0 Å². The van der Waals surface area contributed by atoms with E-state index in [1.54, 1.807) is 13.8 Å². The Labute approximate surface area is 299 Å². The van der Waals surface area contributed by atoms with Gasteiger partial charge in [-0.2, -0.15) is 0 Å². The van der Waals surface area contributed by atoms with Gasteiger partial charge in [0.1, 0.15) is 0 Å². The van der Waals surface area contributed by atoms with Crippen LogP contribution in [0.4, 0.5) is 0 Å². The minimum Gasteiger partial charge on any atom is -0.457 e. The predicted molar refractivity (Wildman–Crippen MR) is 186 cm³/mol. The van der Waals surface area contributed by atoms with E-state index in [1.807, 2.05) is 0 Å². The van der Waals surface area contributed by atoms with Gasteiger partial charge in [0.25, 0.3) is 0 Å². The van der Waals surface area contributed by atoms with Gasteiger partial charge in [0.15, 0.2) is 12.4 Å². The maximum atomic E-state index is 12.6. The molecule has 3 saturated heterocycles. The SMILES string of the molecule is CC(=O)OC(C1C[C@@H](C)C2C(O1)[C@H](O)[C@@]1(C)C3CC[C@H]4C(C)(C)C(OC5CN([C@@H]6CCNC6=O)CCO5)CCC45CC35CCC21C)C(C)(C)O. The monoisotopic (exact) mass is 700 g/mol. The number of aliphatic hydroxyl groups excluding tert-OH is 1. The van der Waals surface area contributed by atoms with Crippen molar-refractivity contribution in [1.82, 2.24) is 10.2 Å². The molecule has 5 aliphatic carbocycles. The number of ether oxygens (including phenoxy) is 4. The third kappa shape index (κ3) is 4.79. The van der Waals surface area contributed by atoms with E-state index in [-0.39, 0.29) is 69.4 Å². The Morgan fingerprint density at radius 1 is 1.06 bits per heavy atom. The van der Waals surface area contributed by atoms with Crippen LogP contribution in [0.5, 0.6) is 0 Å². The average molecular weight is 701 g/mol. The summed E-state index contributed by atoms with van der Waals surface area (Å²) in [5.41, 5.74) is -1.15. The predicted octanol–water partition coefficient (Wildman–Crippen LogP) is 4.43. The molecule has 8 rings (SSSR count). The number of carbonyl (C=O) groups excluding carboxylic acids is 2. The Balaban J connectivity index is 1.02. The first-order valence-electron chi connectivity index (χ1n) is 19.9. The molecule has 3 aliphatic heterocycles. The summed E-state index contributed by atoms with van der Waals surface area (Å²) in [5.74, 6) is 1.13. The molecule has 15 atom stereocenters. The van der Waals surface area contributed by atoms with Crippen molar-refractivity contribution in [2.75, 3.05) is 26.2 Å². The highest BCUT2D eigenvalue weighted by Gasteiger charge is 2.84. The standard InChI is InChI=1S/C40H64N2O8/c1-22-19-25(33(36(5,6)46)48-23(2)43)49-31-30(22)37(7)14-15-40-21-39(40)13-11-28(35(3,4)26(39)9-10-27(40)38(37,8)32(31)44)50-29-20-42(17-18-47-29)24-12-16-41-34(24)45/h22,24-33,44,46H,9-21H2,1-8H3,(H,41,45)/t22-,24-,25?,26+,27?,28?,29?,30?,31?,32+,33?,37?,38-,39?,40?/m1/s1. The zero-order chi connectivity index (χ0) is 35.8. The molecule has 10 unspecified atom stereocenters. The van der Waals surface area contributed by atoms with Crippen LogP contribution < -0.4 is 5.32 Å². The highest BCUT2D eigenvalue weighted by atomic mass is 16.7. The number of nitrogens with zero attached hydrogens (tertiary/aromatic N) is 1. The van der Waals surface area contributed by atoms with E-state index < -0.39 is 29.9 Å². The van der Waals surface area contributed by atoms with Crippen molar-refractivity contribution >= 4 is 11.9 Å². The quantitative estimate of drug-likeness (QED) is 0.345. The van der Waals surface area contributed by atoms with Gasteiger partial charge < -0.3 is 34.5 Å². The molecular weight excluding hydrogens is 636 g/mol. The molecule has 8 fully saturated rings. The van der Waals surface area contributed by atoms with Crippen molar-refractivity contribution in [1.29, 1.82) is 0 Å². The third-order valence-corrected chi connectivity index (χ3v) is 16.9. The first-order valence-corrected chi connectivity index (χ1v) is 19.9. The summed E-state index contributed by atoms with van der Waals surface area (Å²) in [7, 11) is 0. The molecule has 2 spiro atoms. The summed E-state index contributed by atoms with van der Waals surface area (Å²) in [4.78, 5) is 26.8. The van der Waals surface area contributed by atoms with Crippen molar-refractivity contribution in [2.45, 2.75) is 162 Å². The topological polar surface area (TPSA) is 127 Å². The van der Waals surface area contributed by atoms with Crippen LogP contribution >= 0.6 is 0 Å². The highest BCUT2D eigenvalue weighted by molar-refractivity contribution is 5.83. The molecule has 1 amide bonds. The number of hydrogen-bond acceptors (Lipinski definition) is 9. The molecule has 282 valence electrons. The van der Waals surface area contributed by atoms with Crippen LogP contribution in [0.25, 0.3) is 0 Å². The maximum absolute atomic E-state index is 12.6. The zero-order valence-electron chi connectivity index (χ0n) is 31.8. The Hall–Kier alpha value is -1.30. The minimum atomic E-state index is -1.26. The highest BCUT2D eigenvalue weighted by Crippen LogP contribution is 2.89. The van der Waals surface area contributed by atoms with Crippen LogP contribution in [0.2, 0.25) is 0 Å². The zero-order valence-corrected chi connectivity index (χ0v) is 31.8. The Kier molecular flexibility index (Phi) is 8.29. The first kappa shape index (κ1) is 35.7. The normalized spacial score (nSPS) is 51.7. The van der Waals surface area contributed by atoms with E-state index in [9.17, 15) is 19.8 Å². The molecule has 0 aromatic heterocycles. The van der Waals surface area contributed by atoms with Crippen LogP contribution in [0.15, 0.2) is 0 Å². The lowest BCUT2D eigenvalue weighted by Crippen LogP contribution is -2.60. The van der Waals surface area contributed by atoms with Crippen molar-refractivity contribution in [3.05, 3.63) is 0 Å². The fraction of sp³-hybridized carbons (Fsp3) is 0.950. The summed E-state index contributed by atoms with van der Waals surface area (Å²) < 4.78 is 25.6. The summed E-state index contributed by atoms with van der Waals surface area (Å²) in [6.45, 7) is 19.5. The third-order valence-electron chi connectivity index (χ3n) is 16.9. The van der Waals surface area contributed by atoms with Gasteiger partial charge in [0.05, 0.1) is 49.2 Å². The van der Waals surface area contributed by atoms with E-state index in [0.717, 1.165) is 51.6 Å². The van der Waals surface area contributed by atoms with Gasteiger partial charge in [-0.05, 0) is 117 Å². The van der Waals surface area contributed by atoms with Crippen LogP contribution in [0, 0.1) is 50.7 Å². The average Bonchev–Trinajstić information content (AvgIpc) is 3.44. The molecule has 0 bridgehead atoms. The fourth-order valence-corrected chi connectivity index (χ4v) is 14.7. The van der Waals surface area contributed by atoms with Gasteiger partial charge in [-0.15, -0.1) is 0 Å². The second-order valence-corrected chi connectivity index (χ2v) is 19.8. The first-order chi connectivity index (χ1) is 23.4. The molecule has 50 heavy (non-hydrogen) atoms. The van der Waals surface area contributed by atoms with Gasteiger partial charge in [-0.3, -0.25) is 14.5 Å². The summed E-state index contributed by atoms with van der Waals surface area (Å²) in [5, 5.41) is 26.6. The lowest BCUT2D eigenvalue weighted by atomic mass is 9.41. The Morgan fingerprint density at radius 2 is 1.78 bits per heavy atom. The molecule has 0 aromatic rings. The van der Waals surface area contributed by atoms with E-state index in [2.05, 4.69) is 44.8 Å². The minimum absolute atomic E-state index is 0.0132. The Bertz CT molecular complexity index is 1380. The van der Waals surface area contributed by atoms with Gasteiger partial charge >= 0.3 is 5.97 Å². The van der Waals surface area contributed by atoms with Crippen LogP contribution in [0.3, 0.4) is 0 Å². The number of amides is 1. The number of hydrogen-bond donors (Lipinski definition) is 3. The molecule has 0 aromatic carbocycles. The fourth-order valence-electron chi connectivity index (χ4n) is 14.7. The number of carbonyl (C=O) groups is 2. The summed E-state index contributed by atoms with van der Waals surface area (Å²) >= 11 is 0. The molecule has 3 N–H and O–H groups in total. The Morgan fingerprint density at radius 3 is 2.46 bits per heavy atom. The number of nitrogens with one attached hydrogen (secondary N) is 1. The van der Waals surface area contributed by atoms with Crippen LogP contribution in [0.1, 0.15) is 113 Å². The molecule has 10 heteroatoms. The number of aliphatic hydroxyl groups is 2. The van der Waals surface area contributed by atoms with Gasteiger partial charge in [0, 0.05) is 25.4 Å². The maximum Gasteiger partial charge on any atom is 0.303 e. The van der Waals surface area contributed by atoms with Crippen LogP contribution in [-0.2, 0) is 28.5 Å². The van der Waals surface area contributed by atoms with Crippen molar-refractivity contribution in [2.24, 2.45) is 50.7 Å². The van der Waals surface area contributed by atoms with E-state index in [4.69, 9.17) is 18.9 Å². The largest absolute Gasteiger partial charge is 0.457 e. The second kappa shape index (κ2) is 11.6. The molecule has 5 saturated carbocycles. The summed E-state index contributed by atoms with van der Waals surface area (Å²) in [6, 6.07) is -0.0709. The lowest BCUT2D eigenvalue weighted by Gasteiger charge is -2.64. The lowest BCUT2D eigenvalue weighted by molar-refractivity contribution is -0.250. The number of morpholine rings is 1. The van der Waals surface area contributed by atoms with Gasteiger partial charge in [0.2, 0.25) is 5.91 Å². The second-order valence-electron chi connectivity index (χ2n) is 19.8. The molecule has 3 heterocycles. The number of rotatable bonds is 6. The molecule has 10 nitrogen and oxygen atoms in total. The van der Waals surface area contributed by atoms with E-state index >= 15 is 0 Å². The molecule has 0 radical (unpaired) electrons. The molecule has 8 aliphatic rings. The van der Waals surface area contributed by atoms with Gasteiger partial charge in [-0.25, -0.2) is 0 Å². The number of fused-ring (bicyclic) bond motifs is 4. The van der Waals surface area contributed by atoms with Crippen molar-refractivity contribution < 1.29 is 38.7 Å². The van der Waals surface area contributed by atoms with Gasteiger partial charge in [-0.1, -0.05) is 34.6 Å². The van der Waals surface area contributed by atoms with Crippen molar-refractivity contribution in [3.8, 4) is 0 Å². The van der Waals surface area contributed by atoms with E-state index in [0.29, 0.717) is 31.4 Å². The molecular formula is C40H64N2O8. The van der Waals surface area contributed by atoms with Crippen LogP contribution in [-0.4, -0.2) is 102 Å². The van der Waals surface area contributed by atoms with E-state index in [1.165, 1.54) is 19.8 Å². The summed E-state index contributed by atoms with van der Waals surface area (Å²) in [6.07, 6.45) is 7.04.